The largest absolute Gasteiger partial charge is 0.497 e. The normalized spacial score (nSPS) is 17.6. The van der Waals surface area contributed by atoms with Crippen LogP contribution < -0.4 is 10.1 Å². The molecule has 30 heavy (non-hydrogen) atoms. The van der Waals surface area contributed by atoms with E-state index in [1.807, 2.05) is 30.5 Å². The van der Waals surface area contributed by atoms with Crippen molar-refractivity contribution in [2.45, 2.75) is 17.9 Å². The highest BCUT2D eigenvalue weighted by Crippen LogP contribution is 2.28. The minimum atomic E-state index is -3.64. The number of hydrogen-bond acceptors (Lipinski definition) is 8. The summed E-state index contributed by atoms with van der Waals surface area (Å²) >= 11 is 1.50. The van der Waals surface area contributed by atoms with Gasteiger partial charge in [-0.3, -0.25) is 0 Å². The van der Waals surface area contributed by atoms with E-state index in [-0.39, 0.29) is 11.4 Å². The lowest BCUT2D eigenvalue weighted by Gasteiger charge is -2.32. The average molecular weight is 447 g/mol. The molecule has 0 bridgehead atoms. The van der Waals surface area contributed by atoms with Gasteiger partial charge in [0.05, 0.1) is 30.0 Å². The number of sulfonamides is 1. The summed E-state index contributed by atoms with van der Waals surface area (Å²) in [6.45, 7) is 2.71. The van der Waals surface area contributed by atoms with E-state index in [0.717, 1.165) is 10.8 Å². The van der Waals surface area contributed by atoms with Gasteiger partial charge in [0.2, 0.25) is 10.0 Å². The molecule has 3 aromatic rings. The summed E-state index contributed by atoms with van der Waals surface area (Å²) in [7, 11) is -2.09. The smallest absolute Gasteiger partial charge is 0.243 e. The maximum Gasteiger partial charge on any atom is 0.243 e. The molecule has 1 atom stereocenters. The zero-order valence-corrected chi connectivity index (χ0v) is 18.2. The predicted molar refractivity (Wildman–Crippen MR) is 115 cm³/mol. The lowest BCUT2D eigenvalue weighted by molar-refractivity contribution is -0.00486. The van der Waals surface area contributed by atoms with Crippen LogP contribution in [0.5, 0.6) is 5.75 Å². The molecule has 1 fully saturated rings. The number of aryl methyl sites for hydroxylation is 1. The Morgan fingerprint density at radius 3 is 2.70 bits per heavy atom. The van der Waals surface area contributed by atoms with Crippen LogP contribution in [0.15, 0.2) is 52.7 Å². The number of hydrogen-bond donors (Lipinski definition) is 1. The Hall–Kier alpha value is -2.53. The number of anilines is 2. The fourth-order valence-electron chi connectivity index (χ4n) is 3.14. The van der Waals surface area contributed by atoms with Crippen LogP contribution in [0, 0.1) is 6.92 Å². The first-order valence-electron chi connectivity index (χ1n) is 9.37. The second-order valence-electron chi connectivity index (χ2n) is 6.76. The zero-order valence-electron chi connectivity index (χ0n) is 16.6. The van der Waals surface area contributed by atoms with E-state index < -0.39 is 16.1 Å². The molecule has 8 nitrogen and oxygen atoms in total. The van der Waals surface area contributed by atoms with Crippen molar-refractivity contribution >= 4 is 32.3 Å². The third-order valence-electron chi connectivity index (χ3n) is 4.68. The van der Waals surface area contributed by atoms with Gasteiger partial charge < -0.3 is 14.8 Å². The van der Waals surface area contributed by atoms with Crippen LogP contribution in [0.2, 0.25) is 0 Å². The third-order valence-corrected chi connectivity index (χ3v) is 7.44. The highest BCUT2D eigenvalue weighted by atomic mass is 32.2. The van der Waals surface area contributed by atoms with Crippen molar-refractivity contribution in [2.24, 2.45) is 0 Å². The standard InChI is InChI=1S/C20H22N4O4S2/c1-14-13-29-20(21-14)23-19-5-3-4-17(22-19)18-12-24(10-11-28-18)30(25,26)16-8-6-15(27-2)7-9-16/h3-9,13,18H,10-12H2,1-2H3,(H,21,22,23). The molecule has 0 radical (unpaired) electrons. The summed E-state index contributed by atoms with van der Waals surface area (Å²) in [5.41, 5.74) is 1.61. The van der Waals surface area contributed by atoms with Crippen LogP contribution >= 0.6 is 11.3 Å². The number of nitrogens with zero attached hydrogens (tertiary/aromatic N) is 3. The van der Waals surface area contributed by atoms with E-state index in [9.17, 15) is 8.42 Å². The van der Waals surface area contributed by atoms with Crippen molar-refractivity contribution in [3.05, 3.63) is 59.2 Å². The molecule has 1 saturated heterocycles. The first-order valence-corrected chi connectivity index (χ1v) is 11.7. The molecular weight excluding hydrogens is 424 g/mol. The van der Waals surface area contributed by atoms with Gasteiger partial charge in [-0.25, -0.2) is 18.4 Å². The summed E-state index contributed by atoms with van der Waals surface area (Å²) < 4.78 is 38.5. The maximum absolute atomic E-state index is 13.1. The summed E-state index contributed by atoms with van der Waals surface area (Å²) in [5.74, 6) is 1.25. The molecule has 158 valence electrons. The molecule has 0 aliphatic carbocycles. The van der Waals surface area contributed by atoms with Crippen LogP contribution in [0.1, 0.15) is 17.5 Å². The number of morpholine rings is 1. The number of ether oxygens (including phenoxy) is 2. The Bertz CT molecular complexity index is 1120. The minimum Gasteiger partial charge on any atom is -0.497 e. The number of aromatic nitrogens is 2. The minimum absolute atomic E-state index is 0.196. The van der Waals surface area contributed by atoms with Crippen LogP contribution in [-0.2, 0) is 14.8 Å². The number of thiazole rings is 1. The second-order valence-corrected chi connectivity index (χ2v) is 9.56. The number of pyridine rings is 1. The van der Waals surface area contributed by atoms with E-state index in [0.29, 0.717) is 30.4 Å². The average Bonchev–Trinajstić information content (AvgIpc) is 3.18. The van der Waals surface area contributed by atoms with Crippen molar-refractivity contribution in [3.63, 3.8) is 0 Å². The first-order chi connectivity index (χ1) is 14.5. The fourth-order valence-corrected chi connectivity index (χ4v) is 5.26. The number of methoxy groups -OCH3 is 1. The van der Waals surface area contributed by atoms with Crippen molar-refractivity contribution < 1.29 is 17.9 Å². The molecule has 1 unspecified atom stereocenters. The molecule has 1 aliphatic rings. The van der Waals surface area contributed by atoms with Gasteiger partial charge in [-0.05, 0) is 43.3 Å². The number of benzene rings is 1. The van der Waals surface area contributed by atoms with Crippen molar-refractivity contribution in [1.29, 1.82) is 0 Å². The summed E-state index contributed by atoms with van der Waals surface area (Å²) in [6, 6.07) is 11.9. The lowest BCUT2D eigenvalue weighted by atomic mass is 10.2. The molecule has 0 saturated carbocycles. The molecule has 3 heterocycles. The van der Waals surface area contributed by atoms with Gasteiger partial charge in [-0.2, -0.15) is 4.31 Å². The molecule has 4 rings (SSSR count). The van der Waals surface area contributed by atoms with Crippen LogP contribution in [0.3, 0.4) is 0 Å². The number of rotatable bonds is 6. The summed E-state index contributed by atoms with van der Waals surface area (Å²) in [5, 5.41) is 5.89. The Labute approximate surface area is 179 Å². The van der Waals surface area contributed by atoms with Gasteiger partial charge in [-0.15, -0.1) is 11.3 Å². The highest BCUT2D eigenvalue weighted by molar-refractivity contribution is 7.89. The van der Waals surface area contributed by atoms with Gasteiger partial charge in [0.15, 0.2) is 5.13 Å². The number of nitrogens with one attached hydrogen (secondary N) is 1. The van der Waals surface area contributed by atoms with Crippen LogP contribution in [0.25, 0.3) is 0 Å². The van der Waals surface area contributed by atoms with Crippen LogP contribution in [-0.4, -0.2) is 49.5 Å². The van der Waals surface area contributed by atoms with E-state index in [1.165, 1.54) is 15.6 Å². The molecule has 1 N–H and O–H groups in total. The van der Waals surface area contributed by atoms with Gasteiger partial charge in [-0.1, -0.05) is 6.07 Å². The topological polar surface area (TPSA) is 93.7 Å². The van der Waals surface area contributed by atoms with E-state index in [1.54, 1.807) is 31.4 Å². The van der Waals surface area contributed by atoms with E-state index >= 15 is 0 Å². The van der Waals surface area contributed by atoms with Crippen molar-refractivity contribution in [1.82, 2.24) is 14.3 Å². The SMILES string of the molecule is COc1ccc(S(=O)(=O)N2CCOC(c3cccc(Nc4nc(C)cs4)n3)C2)cc1. The Kier molecular flexibility index (Phi) is 6.00. The monoisotopic (exact) mass is 446 g/mol. The van der Waals surface area contributed by atoms with Crippen LogP contribution in [0.4, 0.5) is 10.9 Å². The molecule has 0 amide bonds. The van der Waals surface area contributed by atoms with E-state index in [2.05, 4.69) is 15.3 Å². The zero-order chi connectivity index (χ0) is 21.1. The van der Waals surface area contributed by atoms with Gasteiger partial charge in [0.25, 0.3) is 0 Å². The maximum atomic E-state index is 13.1. The lowest BCUT2D eigenvalue weighted by Crippen LogP contribution is -2.42. The highest BCUT2D eigenvalue weighted by Gasteiger charge is 2.32. The molecule has 10 heteroatoms. The van der Waals surface area contributed by atoms with Gasteiger partial charge in [0, 0.05) is 18.5 Å². The van der Waals surface area contributed by atoms with Crippen molar-refractivity contribution in [3.8, 4) is 5.75 Å². The van der Waals surface area contributed by atoms with Gasteiger partial charge in [0.1, 0.15) is 17.7 Å². The molecule has 1 aliphatic heterocycles. The Balaban J connectivity index is 1.51. The molecule has 1 aromatic carbocycles. The molecule has 0 spiro atoms. The summed E-state index contributed by atoms with van der Waals surface area (Å²) in [4.78, 5) is 9.21. The summed E-state index contributed by atoms with van der Waals surface area (Å²) in [6.07, 6.45) is -0.452. The molecular formula is C20H22N4O4S2. The third kappa shape index (κ3) is 4.46. The second kappa shape index (κ2) is 8.68. The van der Waals surface area contributed by atoms with Gasteiger partial charge >= 0.3 is 0 Å². The Morgan fingerprint density at radius 1 is 1.20 bits per heavy atom. The van der Waals surface area contributed by atoms with E-state index in [4.69, 9.17) is 9.47 Å². The quantitative estimate of drug-likeness (QED) is 0.620. The molecule has 2 aromatic heterocycles. The predicted octanol–water partition coefficient (Wildman–Crippen LogP) is 3.36. The fraction of sp³-hybridized carbons (Fsp3) is 0.300. The Morgan fingerprint density at radius 2 is 2.00 bits per heavy atom. The first kappa shape index (κ1) is 20.7. The van der Waals surface area contributed by atoms with Crippen molar-refractivity contribution in [2.75, 3.05) is 32.1 Å².